The van der Waals surface area contributed by atoms with Crippen LogP contribution in [0.2, 0.25) is 0 Å². The minimum atomic E-state index is -1.98. The molecule has 14 nitrogen and oxygen atoms in total. The van der Waals surface area contributed by atoms with E-state index in [1.807, 2.05) is 0 Å². The number of urea groups is 1. The highest BCUT2D eigenvalue weighted by Gasteiger charge is 2.55. The molecule has 2 aliphatic heterocycles. The van der Waals surface area contributed by atoms with Gasteiger partial charge in [-0.15, -0.1) is 0 Å². The van der Waals surface area contributed by atoms with Gasteiger partial charge in [0, 0.05) is 45.1 Å². The first-order valence-corrected chi connectivity index (χ1v) is 13.5. The van der Waals surface area contributed by atoms with E-state index in [2.05, 4.69) is 0 Å². The number of amides is 6. The Morgan fingerprint density at radius 3 is 2.13 bits per heavy atom. The van der Waals surface area contributed by atoms with Crippen LogP contribution in [-0.4, -0.2) is 126 Å². The van der Waals surface area contributed by atoms with Crippen LogP contribution in [0.4, 0.5) is 4.79 Å². The molecular formula is C24H35N3O11S. The molecule has 0 aromatic heterocycles. The minimum Gasteiger partial charge on any atom is -0.457 e. The fraction of sp³-hybridized carbons (Fsp3) is 0.708. The van der Waals surface area contributed by atoms with Crippen LogP contribution in [0.25, 0.3) is 0 Å². The van der Waals surface area contributed by atoms with Crippen molar-refractivity contribution in [3.05, 3.63) is 0 Å². The van der Waals surface area contributed by atoms with Crippen LogP contribution < -0.4 is 0 Å². The van der Waals surface area contributed by atoms with Gasteiger partial charge in [-0.2, -0.15) is 11.8 Å². The van der Waals surface area contributed by atoms with Crippen LogP contribution in [0.3, 0.4) is 0 Å². The Balaban J connectivity index is 2.04. The van der Waals surface area contributed by atoms with Crippen LogP contribution in [0, 0.1) is 0 Å². The van der Waals surface area contributed by atoms with Gasteiger partial charge in [-0.1, -0.05) is 6.42 Å². The van der Waals surface area contributed by atoms with Gasteiger partial charge in [0.1, 0.15) is 24.5 Å². The Bertz CT molecular complexity index is 978. The Kier molecular flexibility index (Phi) is 11.6. The third kappa shape index (κ3) is 7.21. The van der Waals surface area contributed by atoms with Crippen molar-refractivity contribution in [1.82, 2.24) is 14.7 Å². The number of carbonyl (C=O) groups excluding carboxylic acids is 7. The lowest BCUT2D eigenvalue weighted by Crippen LogP contribution is -2.57. The molecule has 15 heteroatoms. The molecule has 0 spiro atoms. The fourth-order valence-corrected chi connectivity index (χ4v) is 6.63. The molecule has 2 aliphatic rings. The monoisotopic (exact) mass is 573 g/mol. The highest BCUT2D eigenvalue weighted by Crippen LogP contribution is 2.41. The average Bonchev–Trinajstić information content (AvgIpc) is 3.38. The maximum atomic E-state index is 12.6. The number of thioether (sulfide) groups is 1. The summed E-state index contributed by atoms with van der Waals surface area (Å²) in [7, 11) is 0. The largest absolute Gasteiger partial charge is 0.457 e. The van der Waals surface area contributed by atoms with Gasteiger partial charge in [0.15, 0.2) is 6.10 Å². The van der Waals surface area contributed by atoms with E-state index in [0.29, 0.717) is 23.5 Å². The number of ether oxygens (including phenoxy) is 1. The molecule has 2 fully saturated rings. The number of hydrogen-bond acceptors (Lipinski definition) is 12. The summed E-state index contributed by atoms with van der Waals surface area (Å²) in [5.41, 5.74) is 0. The second-order valence-electron chi connectivity index (χ2n) is 9.47. The lowest BCUT2D eigenvalue weighted by Gasteiger charge is -2.34. The molecule has 0 radical (unpaired) electrons. The molecule has 7 atom stereocenters. The number of nitrogens with zero attached hydrogens (tertiary/aromatic N) is 3. The van der Waals surface area contributed by atoms with Gasteiger partial charge in [0.2, 0.25) is 23.6 Å². The Labute approximate surface area is 229 Å². The smallest absolute Gasteiger partial charge is 0.334 e. The number of hydrogen-bond donors (Lipinski definition) is 3. The average molecular weight is 574 g/mol. The number of unbranched alkanes of at least 4 members (excludes halogenated alkanes) is 1. The number of carbonyl (C=O) groups is 7. The maximum absolute atomic E-state index is 12.6. The highest BCUT2D eigenvalue weighted by molar-refractivity contribution is 8.00. The van der Waals surface area contributed by atoms with E-state index >= 15 is 0 Å². The van der Waals surface area contributed by atoms with Crippen molar-refractivity contribution in [2.45, 2.75) is 95.1 Å². The molecule has 39 heavy (non-hydrogen) atoms. The topological polar surface area (TPSA) is 199 Å². The summed E-state index contributed by atoms with van der Waals surface area (Å²) in [6.45, 7) is 3.59. The molecule has 2 saturated heterocycles. The van der Waals surface area contributed by atoms with Gasteiger partial charge in [-0.05, 0) is 12.8 Å². The molecule has 0 aromatic carbocycles. The van der Waals surface area contributed by atoms with Gasteiger partial charge >= 0.3 is 12.0 Å². The van der Waals surface area contributed by atoms with Crippen LogP contribution >= 0.6 is 11.8 Å². The summed E-state index contributed by atoms with van der Waals surface area (Å²) >= 11 is 1.52. The predicted octanol–water partition coefficient (Wildman–Crippen LogP) is -1.18. The van der Waals surface area contributed by atoms with Crippen molar-refractivity contribution in [3.63, 3.8) is 0 Å². The van der Waals surface area contributed by atoms with Crippen LogP contribution in [0.15, 0.2) is 0 Å². The summed E-state index contributed by atoms with van der Waals surface area (Å²) in [5.74, 6) is -3.01. The normalized spacial score (nSPS) is 23.5. The zero-order chi connectivity index (χ0) is 29.6. The van der Waals surface area contributed by atoms with E-state index in [4.69, 9.17) is 4.74 Å². The highest BCUT2D eigenvalue weighted by atomic mass is 32.2. The lowest BCUT2D eigenvalue weighted by atomic mass is 9.99. The summed E-state index contributed by atoms with van der Waals surface area (Å²) in [4.78, 5) is 87.7. The minimum absolute atomic E-state index is 0.135. The summed E-state index contributed by atoms with van der Waals surface area (Å²) in [6, 6.07) is -3.28. The molecule has 0 aliphatic carbocycles. The number of imide groups is 3. The lowest BCUT2D eigenvalue weighted by molar-refractivity contribution is -0.175. The molecule has 0 saturated carbocycles. The molecule has 6 amide bonds. The van der Waals surface area contributed by atoms with E-state index in [-0.39, 0.29) is 24.4 Å². The van der Waals surface area contributed by atoms with Crippen molar-refractivity contribution in [1.29, 1.82) is 0 Å². The van der Waals surface area contributed by atoms with E-state index in [9.17, 15) is 48.9 Å². The third-order valence-corrected chi connectivity index (χ3v) is 8.21. The number of esters is 1. The number of rotatable bonds is 12. The van der Waals surface area contributed by atoms with Crippen LogP contribution in [-0.2, 0) is 33.5 Å². The van der Waals surface area contributed by atoms with E-state index in [1.165, 1.54) is 25.6 Å². The second kappa shape index (κ2) is 14.0. The van der Waals surface area contributed by atoms with Crippen molar-refractivity contribution in [2.75, 3.05) is 12.4 Å². The molecule has 2 rings (SSSR count). The maximum Gasteiger partial charge on any atom is 0.334 e. The quantitative estimate of drug-likeness (QED) is 0.109. The number of aldehydes is 1. The van der Waals surface area contributed by atoms with Crippen molar-refractivity contribution in [2.24, 2.45) is 0 Å². The summed E-state index contributed by atoms with van der Waals surface area (Å²) < 4.78 is 5.23. The molecule has 2 heterocycles. The molecular weight excluding hydrogens is 538 g/mol. The van der Waals surface area contributed by atoms with Gasteiger partial charge < -0.3 is 24.9 Å². The Hall–Kier alpha value is -2.88. The molecule has 0 unspecified atom stereocenters. The van der Waals surface area contributed by atoms with Gasteiger partial charge in [0.25, 0.3) is 0 Å². The van der Waals surface area contributed by atoms with Crippen molar-refractivity contribution >= 4 is 53.7 Å². The number of aliphatic hydroxyl groups is 3. The van der Waals surface area contributed by atoms with Crippen LogP contribution in [0.5, 0.6) is 0 Å². The molecule has 0 aromatic rings. The predicted molar refractivity (Wildman–Crippen MR) is 135 cm³/mol. The van der Waals surface area contributed by atoms with E-state index in [0.717, 1.165) is 23.6 Å². The SMILES string of the molecule is CC(=O)N1C(=O)N(C(C)=O)[C@H]2CS[C@@H](CCCCC(=O)O[C@@H]([C@@H](O)[C@H](O)CO)[C@H](C=O)N(C(C)=O)C(C)=O)[C@H]21. The Morgan fingerprint density at radius 1 is 1.05 bits per heavy atom. The first-order chi connectivity index (χ1) is 18.3. The summed E-state index contributed by atoms with van der Waals surface area (Å²) in [6.07, 6.45) is -4.45. The number of aliphatic hydroxyl groups excluding tert-OH is 3. The van der Waals surface area contributed by atoms with Gasteiger partial charge in [-0.25, -0.2) is 4.79 Å². The summed E-state index contributed by atoms with van der Waals surface area (Å²) in [5, 5.41) is 29.3. The third-order valence-electron chi connectivity index (χ3n) is 6.73. The first kappa shape index (κ1) is 32.3. The number of fused-ring (bicyclic) bond motifs is 1. The van der Waals surface area contributed by atoms with E-state index < -0.39 is 78.7 Å². The first-order valence-electron chi connectivity index (χ1n) is 12.5. The molecule has 218 valence electrons. The van der Waals surface area contributed by atoms with Gasteiger partial charge in [-0.3, -0.25) is 38.7 Å². The molecule has 0 bridgehead atoms. The zero-order valence-electron chi connectivity index (χ0n) is 22.2. The fourth-order valence-electron chi connectivity index (χ4n) is 5.01. The van der Waals surface area contributed by atoms with Crippen LogP contribution in [0.1, 0.15) is 53.4 Å². The zero-order valence-corrected chi connectivity index (χ0v) is 23.0. The van der Waals surface area contributed by atoms with E-state index in [1.54, 1.807) is 0 Å². The van der Waals surface area contributed by atoms with Crippen molar-refractivity contribution in [3.8, 4) is 0 Å². The molecule has 3 N–H and O–H groups in total. The van der Waals surface area contributed by atoms with Crippen molar-refractivity contribution < 1.29 is 53.6 Å². The van der Waals surface area contributed by atoms with Gasteiger partial charge in [0.05, 0.1) is 18.7 Å². The Morgan fingerprint density at radius 2 is 1.64 bits per heavy atom. The standard InChI is InChI=1S/C24H35N3O11S/c1-12(30)25(13(2)31)16(9-28)23(22(36)18(34)10-29)38-20(35)8-6-5-7-19-21-17(11-39-19)26(14(3)32)24(37)27(21)15(4)33/h9,16-19,21-23,29,34,36H,5-8,10-11H2,1-4H3/t16-,17-,18+,19-,21-,22-,23+/m0/s1. The second-order valence-corrected chi connectivity index (χ2v) is 10.7.